The Balaban J connectivity index is 1.34. The molecule has 3 aromatic heterocycles. The van der Waals surface area contributed by atoms with E-state index in [1.165, 1.54) is 12.7 Å². The van der Waals surface area contributed by atoms with Crippen LogP contribution in [0.1, 0.15) is 5.56 Å². The van der Waals surface area contributed by atoms with Crippen LogP contribution in [0.25, 0.3) is 16.6 Å². The number of aryl methyl sites for hydroxylation is 1. The second-order valence-electron chi connectivity index (χ2n) is 8.58. The van der Waals surface area contributed by atoms with Gasteiger partial charge in [0.1, 0.15) is 30.0 Å². The van der Waals surface area contributed by atoms with Crippen LogP contribution in [0.4, 0.5) is 17.2 Å². The van der Waals surface area contributed by atoms with Crippen LogP contribution in [0.15, 0.2) is 67.4 Å². The molecule has 184 valence electrons. The molecule has 2 N–H and O–H groups in total. The number of nitrogens with zero attached hydrogens (tertiary/aromatic N) is 6. The third-order valence-electron chi connectivity index (χ3n) is 5.41. The van der Waals surface area contributed by atoms with E-state index in [9.17, 15) is 4.79 Å². The summed E-state index contributed by atoms with van der Waals surface area (Å²) in [6.07, 6.45) is 4.80. The maximum Gasteiger partial charge on any atom is 0.300 e. The van der Waals surface area contributed by atoms with Gasteiger partial charge in [0, 0.05) is 29.0 Å². The average Bonchev–Trinajstić information content (AvgIpc) is 3.34. The first-order valence-corrected chi connectivity index (χ1v) is 11.5. The Labute approximate surface area is 213 Å². The maximum absolute atomic E-state index is 12.2. The first-order valence-electron chi connectivity index (χ1n) is 11.5. The Kier molecular flexibility index (Phi) is 6.61. The summed E-state index contributed by atoms with van der Waals surface area (Å²) in [7, 11) is 3.79. The molecule has 0 radical (unpaired) electrons. The normalized spacial score (nSPS) is 10.8. The van der Waals surface area contributed by atoms with Crippen molar-refractivity contribution < 1.29 is 9.53 Å². The van der Waals surface area contributed by atoms with Crippen molar-refractivity contribution in [2.45, 2.75) is 6.92 Å². The predicted molar refractivity (Wildman–Crippen MR) is 142 cm³/mol. The van der Waals surface area contributed by atoms with Gasteiger partial charge in [-0.2, -0.15) is 5.10 Å². The van der Waals surface area contributed by atoms with E-state index >= 15 is 0 Å². The summed E-state index contributed by atoms with van der Waals surface area (Å²) in [6.45, 7) is 2.48. The van der Waals surface area contributed by atoms with E-state index in [1.54, 1.807) is 16.8 Å². The zero-order valence-electron chi connectivity index (χ0n) is 20.6. The number of carbonyl (C=O) groups is 1. The van der Waals surface area contributed by atoms with Gasteiger partial charge in [0.15, 0.2) is 5.65 Å². The number of nitrogens with one attached hydrogen (secondary N) is 2. The molecular formula is C27H24N8O2. The molecule has 10 nitrogen and oxygen atoms in total. The zero-order valence-corrected chi connectivity index (χ0v) is 20.6. The number of benzene rings is 2. The Morgan fingerprint density at radius 1 is 1.03 bits per heavy atom. The first-order chi connectivity index (χ1) is 17.9. The molecule has 10 heteroatoms. The highest BCUT2D eigenvalue weighted by Gasteiger charge is 2.09. The van der Waals surface area contributed by atoms with E-state index in [-0.39, 0.29) is 5.91 Å². The molecule has 0 aliphatic rings. The summed E-state index contributed by atoms with van der Waals surface area (Å²) in [5.41, 5.74) is 3.84. The highest BCUT2D eigenvalue weighted by Crippen LogP contribution is 2.30. The van der Waals surface area contributed by atoms with Crippen molar-refractivity contribution in [2.75, 3.05) is 31.3 Å². The van der Waals surface area contributed by atoms with Crippen LogP contribution in [0.5, 0.6) is 11.5 Å². The van der Waals surface area contributed by atoms with Crippen molar-refractivity contribution in [1.82, 2.24) is 29.5 Å². The SMILES string of the molecule is Cc1cc(Nc2ncnc3ccc(NC(=O)C#CCN(C)C)cc23)ccc1Oc1ccn2ncnc2c1. The minimum absolute atomic E-state index is 0.373. The third-order valence-corrected chi connectivity index (χ3v) is 5.41. The largest absolute Gasteiger partial charge is 0.457 e. The van der Waals surface area contributed by atoms with Crippen molar-refractivity contribution in [3.05, 3.63) is 72.9 Å². The van der Waals surface area contributed by atoms with E-state index in [2.05, 4.69) is 42.5 Å². The third kappa shape index (κ3) is 5.63. The van der Waals surface area contributed by atoms with Crippen molar-refractivity contribution in [3.8, 4) is 23.3 Å². The molecular weight excluding hydrogens is 468 g/mol. The van der Waals surface area contributed by atoms with Gasteiger partial charge in [0.05, 0.1) is 12.1 Å². The molecule has 0 fully saturated rings. The molecule has 0 bridgehead atoms. The lowest BCUT2D eigenvalue weighted by Gasteiger charge is -2.13. The van der Waals surface area contributed by atoms with E-state index in [0.717, 1.165) is 27.9 Å². The molecule has 3 heterocycles. The minimum Gasteiger partial charge on any atom is -0.457 e. The van der Waals surface area contributed by atoms with Gasteiger partial charge in [-0.3, -0.25) is 9.69 Å². The predicted octanol–water partition coefficient (Wildman–Crippen LogP) is 4.02. The number of anilines is 3. The van der Waals surface area contributed by atoms with Gasteiger partial charge in [-0.15, -0.1) is 0 Å². The van der Waals surface area contributed by atoms with Crippen LogP contribution in [0.3, 0.4) is 0 Å². The van der Waals surface area contributed by atoms with Gasteiger partial charge in [-0.25, -0.2) is 19.5 Å². The Bertz CT molecular complexity index is 1670. The monoisotopic (exact) mass is 492 g/mol. The molecule has 0 aliphatic heterocycles. The lowest BCUT2D eigenvalue weighted by molar-refractivity contribution is -0.111. The van der Waals surface area contributed by atoms with Gasteiger partial charge in [0.25, 0.3) is 5.91 Å². The maximum atomic E-state index is 12.2. The fourth-order valence-electron chi connectivity index (χ4n) is 3.64. The number of hydrogen-bond donors (Lipinski definition) is 2. The number of amides is 1. The van der Waals surface area contributed by atoms with E-state index in [1.807, 2.05) is 68.4 Å². The molecule has 0 aliphatic carbocycles. The summed E-state index contributed by atoms with van der Waals surface area (Å²) in [6, 6.07) is 14.9. The molecule has 2 aromatic carbocycles. The second kappa shape index (κ2) is 10.3. The van der Waals surface area contributed by atoms with Crippen LogP contribution < -0.4 is 15.4 Å². The molecule has 5 aromatic rings. The summed E-state index contributed by atoms with van der Waals surface area (Å²) in [4.78, 5) is 27.0. The number of rotatable bonds is 6. The van der Waals surface area contributed by atoms with Crippen LogP contribution in [0, 0.1) is 18.8 Å². The Hall–Kier alpha value is -5.01. The van der Waals surface area contributed by atoms with E-state index < -0.39 is 0 Å². The van der Waals surface area contributed by atoms with Gasteiger partial charge in [-0.1, -0.05) is 5.92 Å². The molecule has 5 rings (SSSR count). The molecule has 1 amide bonds. The van der Waals surface area contributed by atoms with Gasteiger partial charge in [0.2, 0.25) is 0 Å². The van der Waals surface area contributed by atoms with Crippen LogP contribution >= 0.6 is 0 Å². The fraction of sp³-hybridized carbons (Fsp3) is 0.148. The molecule has 0 saturated heterocycles. The van der Waals surface area contributed by atoms with Gasteiger partial charge in [-0.05, 0) is 75.0 Å². The minimum atomic E-state index is -0.373. The van der Waals surface area contributed by atoms with Crippen molar-refractivity contribution in [1.29, 1.82) is 0 Å². The number of pyridine rings is 1. The molecule has 37 heavy (non-hydrogen) atoms. The topological polar surface area (TPSA) is 110 Å². The smallest absolute Gasteiger partial charge is 0.300 e. The molecule has 0 atom stereocenters. The molecule has 0 spiro atoms. The number of hydrogen-bond acceptors (Lipinski definition) is 8. The molecule has 0 unspecified atom stereocenters. The standard InChI is InChI=1S/C27H24N8O2/c1-18-13-19(7-9-24(18)37-21-10-12-35-25(15-21)29-17-31-35)33-27-22-14-20(6-8-23(22)28-16-30-27)32-26(36)5-4-11-34(2)3/h6-10,12-17H,11H2,1-3H3,(H,32,36)(H,28,30,33). The average molecular weight is 493 g/mol. The lowest BCUT2D eigenvalue weighted by Crippen LogP contribution is -2.13. The zero-order chi connectivity index (χ0) is 25.8. The Morgan fingerprint density at radius 3 is 2.73 bits per heavy atom. The highest BCUT2D eigenvalue weighted by atomic mass is 16.5. The summed E-state index contributed by atoms with van der Waals surface area (Å²) >= 11 is 0. The van der Waals surface area contributed by atoms with E-state index in [4.69, 9.17) is 4.74 Å². The number of aromatic nitrogens is 5. The summed E-state index contributed by atoms with van der Waals surface area (Å²) < 4.78 is 7.74. The Morgan fingerprint density at radius 2 is 1.89 bits per heavy atom. The summed E-state index contributed by atoms with van der Waals surface area (Å²) in [5.74, 6) is 7.06. The number of ether oxygens (including phenoxy) is 1. The van der Waals surface area contributed by atoms with Crippen molar-refractivity contribution in [3.63, 3.8) is 0 Å². The highest BCUT2D eigenvalue weighted by molar-refractivity contribution is 6.05. The van der Waals surface area contributed by atoms with Crippen LogP contribution in [-0.4, -0.2) is 56.0 Å². The number of carbonyl (C=O) groups excluding carboxylic acids is 1. The number of fused-ring (bicyclic) bond motifs is 2. The van der Waals surface area contributed by atoms with Crippen molar-refractivity contribution >= 4 is 39.6 Å². The fourth-order valence-corrected chi connectivity index (χ4v) is 3.64. The van der Waals surface area contributed by atoms with Crippen LogP contribution in [-0.2, 0) is 4.79 Å². The summed E-state index contributed by atoms with van der Waals surface area (Å²) in [5, 5.41) is 11.0. The lowest BCUT2D eigenvalue weighted by atomic mass is 10.1. The van der Waals surface area contributed by atoms with Crippen LogP contribution in [0.2, 0.25) is 0 Å². The van der Waals surface area contributed by atoms with Gasteiger partial charge >= 0.3 is 0 Å². The van der Waals surface area contributed by atoms with E-state index in [0.29, 0.717) is 29.4 Å². The quantitative estimate of drug-likeness (QED) is 0.342. The molecule has 0 saturated carbocycles. The van der Waals surface area contributed by atoms with Crippen molar-refractivity contribution in [2.24, 2.45) is 0 Å². The first kappa shape index (κ1) is 23.7. The van der Waals surface area contributed by atoms with Gasteiger partial charge < -0.3 is 15.4 Å². The second-order valence-corrected chi connectivity index (χ2v) is 8.58.